The number of hydrogen-bond donors (Lipinski definition) is 2. The van der Waals surface area contributed by atoms with Gasteiger partial charge in [0.1, 0.15) is 0 Å². The highest BCUT2D eigenvalue weighted by Gasteiger charge is 2.28. The number of amides is 1. The number of benzene rings is 1. The van der Waals surface area contributed by atoms with Gasteiger partial charge in [-0.15, -0.1) is 0 Å². The number of nitrogens with zero attached hydrogens (tertiary/aromatic N) is 2. The molecule has 1 aromatic carbocycles. The van der Waals surface area contributed by atoms with E-state index in [0.29, 0.717) is 28.3 Å². The molecule has 4 rings (SSSR count). The third-order valence-electron chi connectivity index (χ3n) is 4.95. The Balaban J connectivity index is 1.62. The fraction of sp³-hybridized carbons (Fsp3) is 0.444. The molecule has 1 amide bonds. The third kappa shape index (κ3) is 3.28. The lowest BCUT2D eigenvalue weighted by atomic mass is 10.2. The van der Waals surface area contributed by atoms with Crippen LogP contribution in [-0.2, 0) is 12.8 Å². The van der Waals surface area contributed by atoms with Gasteiger partial charge >= 0.3 is 0 Å². The summed E-state index contributed by atoms with van der Waals surface area (Å²) >= 11 is 12.3. The van der Waals surface area contributed by atoms with Crippen molar-refractivity contribution < 1.29 is 4.79 Å². The Labute approximate surface area is 156 Å². The van der Waals surface area contributed by atoms with Crippen molar-refractivity contribution >= 4 is 29.1 Å². The zero-order chi connectivity index (χ0) is 17.4. The van der Waals surface area contributed by atoms with Crippen LogP contribution in [0.25, 0.3) is 5.69 Å². The maximum atomic E-state index is 12.7. The molecule has 1 aliphatic heterocycles. The Morgan fingerprint density at radius 1 is 1.32 bits per heavy atom. The summed E-state index contributed by atoms with van der Waals surface area (Å²) < 4.78 is 1.81. The Bertz CT molecular complexity index is 812. The molecule has 1 atom stereocenters. The summed E-state index contributed by atoms with van der Waals surface area (Å²) in [4.78, 5) is 12.7. The molecule has 1 aliphatic carbocycles. The van der Waals surface area contributed by atoms with Gasteiger partial charge in [-0.25, -0.2) is 4.68 Å². The Morgan fingerprint density at radius 2 is 2.20 bits per heavy atom. The monoisotopic (exact) mass is 378 g/mol. The highest BCUT2D eigenvalue weighted by atomic mass is 35.5. The first kappa shape index (κ1) is 16.9. The van der Waals surface area contributed by atoms with Crippen LogP contribution in [0.1, 0.15) is 41.0 Å². The van der Waals surface area contributed by atoms with E-state index in [9.17, 15) is 4.79 Å². The maximum Gasteiger partial charge on any atom is 0.272 e. The summed E-state index contributed by atoms with van der Waals surface area (Å²) in [6, 6.07) is 5.70. The molecule has 7 heteroatoms. The van der Waals surface area contributed by atoms with Crippen LogP contribution in [0.15, 0.2) is 18.2 Å². The number of hydrogen-bond acceptors (Lipinski definition) is 3. The molecule has 2 N–H and O–H groups in total. The lowest BCUT2D eigenvalue weighted by Crippen LogP contribution is -2.37. The fourth-order valence-electron chi connectivity index (χ4n) is 3.70. The standard InChI is InChI=1S/C18H20Cl2N4O/c19-11-6-7-16(14(20)9-11)24-15-5-1-4-13(15)17(23-24)18(25)22-10-12-3-2-8-21-12/h6-7,9,12,21H,1-5,8,10H2,(H,22,25). The molecule has 0 saturated carbocycles. The number of fused-ring (bicyclic) bond motifs is 1. The van der Waals surface area contributed by atoms with Gasteiger partial charge in [-0.1, -0.05) is 23.2 Å². The average molecular weight is 379 g/mol. The van der Waals surface area contributed by atoms with Crippen LogP contribution >= 0.6 is 23.2 Å². The lowest BCUT2D eigenvalue weighted by molar-refractivity contribution is 0.0944. The quantitative estimate of drug-likeness (QED) is 0.858. The normalized spacial score (nSPS) is 19.2. The highest BCUT2D eigenvalue weighted by Crippen LogP contribution is 2.31. The number of carbonyl (C=O) groups excluding carboxylic acids is 1. The lowest BCUT2D eigenvalue weighted by Gasteiger charge is -2.11. The van der Waals surface area contributed by atoms with Crippen LogP contribution in [0.2, 0.25) is 10.0 Å². The van der Waals surface area contributed by atoms with Gasteiger partial charge in [-0.05, 0) is 56.8 Å². The van der Waals surface area contributed by atoms with E-state index in [0.717, 1.165) is 49.2 Å². The minimum absolute atomic E-state index is 0.101. The Hall–Kier alpha value is -1.56. The summed E-state index contributed by atoms with van der Waals surface area (Å²) in [5.74, 6) is -0.101. The summed E-state index contributed by atoms with van der Waals surface area (Å²) in [6.07, 6.45) is 5.08. The van der Waals surface area contributed by atoms with Crippen LogP contribution in [0.3, 0.4) is 0 Å². The number of carbonyl (C=O) groups is 1. The predicted octanol–water partition coefficient (Wildman–Crippen LogP) is 3.15. The highest BCUT2D eigenvalue weighted by molar-refractivity contribution is 6.35. The largest absolute Gasteiger partial charge is 0.349 e. The molecule has 1 unspecified atom stereocenters. The van der Waals surface area contributed by atoms with Gasteiger partial charge in [0.15, 0.2) is 5.69 Å². The van der Waals surface area contributed by atoms with Crippen molar-refractivity contribution in [2.24, 2.45) is 0 Å². The second-order valence-electron chi connectivity index (χ2n) is 6.64. The first-order chi connectivity index (χ1) is 12.1. The number of nitrogens with one attached hydrogen (secondary N) is 2. The van der Waals surface area contributed by atoms with E-state index in [4.69, 9.17) is 23.2 Å². The topological polar surface area (TPSA) is 59.0 Å². The zero-order valence-electron chi connectivity index (χ0n) is 13.8. The molecular formula is C18H20Cl2N4O. The molecular weight excluding hydrogens is 359 g/mol. The molecule has 2 aliphatic rings. The van der Waals surface area contributed by atoms with Crippen molar-refractivity contribution in [3.05, 3.63) is 45.2 Å². The van der Waals surface area contributed by atoms with Gasteiger partial charge in [0.2, 0.25) is 0 Å². The average Bonchev–Trinajstić information content (AvgIpc) is 3.31. The number of halogens is 2. The first-order valence-electron chi connectivity index (χ1n) is 8.71. The molecule has 2 aromatic rings. The summed E-state index contributed by atoms with van der Waals surface area (Å²) in [5.41, 5.74) is 3.41. The van der Waals surface area contributed by atoms with Crippen LogP contribution in [0, 0.1) is 0 Å². The second-order valence-corrected chi connectivity index (χ2v) is 7.48. The molecule has 1 aromatic heterocycles. The van der Waals surface area contributed by atoms with E-state index in [1.165, 1.54) is 6.42 Å². The molecule has 132 valence electrons. The number of rotatable bonds is 4. The molecule has 5 nitrogen and oxygen atoms in total. The van der Waals surface area contributed by atoms with Crippen LogP contribution in [0.5, 0.6) is 0 Å². The minimum Gasteiger partial charge on any atom is -0.349 e. The van der Waals surface area contributed by atoms with Gasteiger partial charge < -0.3 is 10.6 Å². The molecule has 0 radical (unpaired) electrons. The van der Waals surface area contributed by atoms with Crippen molar-refractivity contribution in [2.75, 3.05) is 13.1 Å². The Kier molecular flexibility index (Phi) is 4.71. The molecule has 0 spiro atoms. The SMILES string of the molecule is O=C(NCC1CCCN1)c1nn(-c2ccc(Cl)cc2Cl)c2c1CCC2. The summed E-state index contributed by atoms with van der Waals surface area (Å²) in [6.45, 7) is 1.67. The molecule has 1 fully saturated rings. The van der Waals surface area contributed by atoms with Crippen molar-refractivity contribution in [2.45, 2.75) is 38.1 Å². The van der Waals surface area contributed by atoms with Crippen LogP contribution < -0.4 is 10.6 Å². The molecule has 2 heterocycles. The van der Waals surface area contributed by atoms with E-state index in [-0.39, 0.29) is 5.91 Å². The van der Waals surface area contributed by atoms with E-state index in [1.807, 2.05) is 10.7 Å². The van der Waals surface area contributed by atoms with E-state index < -0.39 is 0 Å². The molecule has 25 heavy (non-hydrogen) atoms. The minimum atomic E-state index is -0.101. The first-order valence-corrected chi connectivity index (χ1v) is 9.47. The smallest absolute Gasteiger partial charge is 0.272 e. The van der Waals surface area contributed by atoms with Crippen molar-refractivity contribution in [3.63, 3.8) is 0 Å². The van der Waals surface area contributed by atoms with Crippen molar-refractivity contribution in [1.29, 1.82) is 0 Å². The van der Waals surface area contributed by atoms with Gasteiger partial charge in [-0.3, -0.25) is 4.79 Å². The van der Waals surface area contributed by atoms with E-state index in [1.54, 1.807) is 12.1 Å². The van der Waals surface area contributed by atoms with Gasteiger partial charge in [0, 0.05) is 28.9 Å². The second kappa shape index (κ2) is 6.98. The van der Waals surface area contributed by atoms with Gasteiger partial charge in [0.05, 0.1) is 10.7 Å². The van der Waals surface area contributed by atoms with Gasteiger partial charge in [-0.2, -0.15) is 5.10 Å². The summed E-state index contributed by atoms with van der Waals surface area (Å²) in [7, 11) is 0. The van der Waals surface area contributed by atoms with Gasteiger partial charge in [0.25, 0.3) is 5.91 Å². The number of aromatic nitrogens is 2. The van der Waals surface area contributed by atoms with Crippen LogP contribution in [-0.4, -0.2) is 34.8 Å². The Morgan fingerprint density at radius 3 is 2.96 bits per heavy atom. The van der Waals surface area contributed by atoms with E-state index in [2.05, 4.69) is 15.7 Å². The predicted molar refractivity (Wildman–Crippen MR) is 99.0 cm³/mol. The maximum absolute atomic E-state index is 12.7. The fourth-order valence-corrected chi connectivity index (χ4v) is 4.19. The van der Waals surface area contributed by atoms with E-state index >= 15 is 0 Å². The molecule has 0 bridgehead atoms. The summed E-state index contributed by atoms with van der Waals surface area (Å²) in [5, 5.41) is 12.1. The van der Waals surface area contributed by atoms with Crippen molar-refractivity contribution in [1.82, 2.24) is 20.4 Å². The zero-order valence-corrected chi connectivity index (χ0v) is 15.3. The molecule has 1 saturated heterocycles. The third-order valence-corrected chi connectivity index (χ3v) is 5.49. The van der Waals surface area contributed by atoms with Crippen LogP contribution in [0.4, 0.5) is 0 Å². The van der Waals surface area contributed by atoms with Crippen molar-refractivity contribution in [3.8, 4) is 5.69 Å².